The summed E-state index contributed by atoms with van der Waals surface area (Å²) in [5.41, 5.74) is 1.27. The summed E-state index contributed by atoms with van der Waals surface area (Å²) in [4.78, 5) is 12.1. The number of benzene rings is 2. The normalized spacial score (nSPS) is 11.3. The van der Waals surface area contributed by atoms with Crippen LogP contribution >= 0.6 is 11.6 Å². The van der Waals surface area contributed by atoms with Crippen LogP contribution in [0.3, 0.4) is 0 Å². The summed E-state index contributed by atoms with van der Waals surface area (Å²) in [6, 6.07) is 10.7. The molecule has 0 atom stereocenters. The fourth-order valence-electron chi connectivity index (χ4n) is 1.79. The summed E-state index contributed by atoms with van der Waals surface area (Å²) in [6.07, 6.45) is 0. The van der Waals surface area contributed by atoms with Crippen molar-refractivity contribution < 1.29 is 14.4 Å². The predicted octanol–water partition coefficient (Wildman–Crippen LogP) is 3.93. The van der Waals surface area contributed by atoms with Gasteiger partial charge in [0.1, 0.15) is 5.82 Å². The Kier molecular flexibility index (Phi) is 4.55. The molecule has 2 aromatic carbocycles. The van der Waals surface area contributed by atoms with E-state index in [0.29, 0.717) is 17.0 Å². The lowest BCUT2D eigenvalue weighted by Gasteiger charge is -2.09. The third-order valence-electron chi connectivity index (χ3n) is 2.88. The van der Waals surface area contributed by atoms with Crippen LogP contribution in [0.4, 0.5) is 10.1 Å². The van der Waals surface area contributed by atoms with E-state index in [-0.39, 0.29) is 10.6 Å². The molecule has 0 aliphatic carbocycles. The van der Waals surface area contributed by atoms with Gasteiger partial charge in [0.25, 0.3) is 5.91 Å². The van der Waals surface area contributed by atoms with Gasteiger partial charge in [-0.2, -0.15) is 0 Å². The van der Waals surface area contributed by atoms with E-state index in [0.717, 1.165) is 0 Å². The molecule has 0 fully saturated rings. The van der Waals surface area contributed by atoms with E-state index in [1.807, 2.05) is 0 Å². The minimum atomic E-state index is -0.691. The molecule has 0 aromatic heterocycles. The number of amides is 1. The van der Waals surface area contributed by atoms with Crippen molar-refractivity contribution in [3.63, 3.8) is 0 Å². The predicted molar refractivity (Wildman–Crippen MR) is 79.8 cm³/mol. The molecule has 0 unspecified atom stereocenters. The molecule has 108 valence electrons. The number of anilines is 1. The average molecular weight is 307 g/mol. The molecule has 1 amide bonds. The fourth-order valence-corrected chi connectivity index (χ4v) is 2.04. The van der Waals surface area contributed by atoms with Crippen LogP contribution in [0.25, 0.3) is 0 Å². The number of halogens is 2. The number of hydrogen-bond donors (Lipinski definition) is 2. The molecule has 2 aromatic rings. The van der Waals surface area contributed by atoms with Gasteiger partial charge in [0, 0.05) is 11.3 Å². The maximum Gasteiger partial charge on any atom is 0.260 e. The lowest BCUT2D eigenvalue weighted by molar-refractivity contribution is 0.102. The van der Waals surface area contributed by atoms with Crippen LogP contribution in [-0.2, 0) is 0 Å². The summed E-state index contributed by atoms with van der Waals surface area (Å²) < 4.78 is 13.7. The van der Waals surface area contributed by atoms with Gasteiger partial charge < -0.3 is 10.5 Å². The van der Waals surface area contributed by atoms with Crippen LogP contribution in [0.15, 0.2) is 47.6 Å². The van der Waals surface area contributed by atoms with Crippen LogP contribution in [-0.4, -0.2) is 16.8 Å². The number of rotatable bonds is 3. The minimum Gasteiger partial charge on any atom is -0.411 e. The molecule has 0 spiro atoms. The third kappa shape index (κ3) is 3.38. The minimum absolute atomic E-state index is 0.0387. The van der Waals surface area contributed by atoms with Crippen molar-refractivity contribution in [2.45, 2.75) is 6.92 Å². The van der Waals surface area contributed by atoms with E-state index in [2.05, 4.69) is 10.5 Å². The van der Waals surface area contributed by atoms with E-state index in [9.17, 15) is 9.18 Å². The topological polar surface area (TPSA) is 61.7 Å². The van der Waals surface area contributed by atoms with Gasteiger partial charge in [0.15, 0.2) is 0 Å². The van der Waals surface area contributed by atoms with Gasteiger partial charge in [-0.25, -0.2) is 4.39 Å². The van der Waals surface area contributed by atoms with Gasteiger partial charge >= 0.3 is 0 Å². The largest absolute Gasteiger partial charge is 0.411 e. The molecule has 21 heavy (non-hydrogen) atoms. The summed E-state index contributed by atoms with van der Waals surface area (Å²) in [5, 5.41) is 14.4. The zero-order valence-electron chi connectivity index (χ0n) is 11.1. The van der Waals surface area contributed by atoms with Crippen molar-refractivity contribution >= 4 is 28.9 Å². The molecule has 4 nitrogen and oxygen atoms in total. The van der Waals surface area contributed by atoms with Crippen molar-refractivity contribution in [1.82, 2.24) is 0 Å². The number of carbonyl (C=O) groups is 1. The van der Waals surface area contributed by atoms with Crippen LogP contribution in [0.2, 0.25) is 5.02 Å². The second-order valence-electron chi connectivity index (χ2n) is 4.32. The van der Waals surface area contributed by atoms with Gasteiger partial charge in [-0.1, -0.05) is 35.0 Å². The monoisotopic (exact) mass is 306 g/mol. The quantitative estimate of drug-likeness (QED) is 0.513. The maximum absolute atomic E-state index is 13.7. The highest BCUT2D eigenvalue weighted by Crippen LogP contribution is 2.21. The van der Waals surface area contributed by atoms with Crippen molar-refractivity contribution in [1.29, 1.82) is 0 Å². The van der Waals surface area contributed by atoms with Crippen molar-refractivity contribution in [2.24, 2.45) is 5.16 Å². The second-order valence-corrected chi connectivity index (χ2v) is 4.72. The molecule has 0 heterocycles. The first kappa shape index (κ1) is 15.0. The van der Waals surface area contributed by atoms with E-state index in [4.69, 9.17) is 16.8 Å². The fraction of sp³-hybridized carbons (Fsp3) is 0.0667. The number of carbonyl (C=O) groups excluding carboxylic acids is 1. The SMILES string of the molecule is C/C(=N\O)c1cccc(NC(=O)c2c(F)cccc2Cl)c1. The standard InChI is InChI=1S/C15H12ClFN2O2/c1-9(19-21)10-4-2-5-11(8-10)18-15(20)14-12(16)6-3-7-13(14)17/h2-8,21H,1H3,(H,18,20)/b19-9+. The number of nitrogens with one attached hydrogen (secondary N) is 1. The van der Waals surface area contributed by atoms with Crippen LogP contribution in [0.1, 0.15) is 22.8 Å². The third-order valence-corrected chi connectivity index (χ3v) is 3.19. The highest BCUT2D eigenvalue weighted by molar-refractivity contribution is 6.34. The first-order valence-corrected chi connectivity index (χ1v) is 6.45. The van der Waals surface area contributed by atoms with Crippen LogP contribution in [0.5, 0.6) is 0 Å². The Hall–Kier alpha value is -2.40. The smallest absolute Gasteiger partial charge is 0.260 e. The molecule has 0 radical (unpaired) electrons. The number of hydrogen-bond acceptors (Lipinski definition) is 3. The highest BCUT2D eigenvalue weighted by Gasteiger charge is 2.16. The van der Waals surface area contributed by atoms with Gasteiger partial charge in [-0.05, 0) is 31.2 Å². The Balaban J connectivity index is 2.28. The summed E-state index contributed by atoms with van der Waals surface area (Å²) in [5.74, 6) is -1.34. The van der Waals surface area contributed by atoms with Crippen molar-refractivity contribution in [2.75, 3.05) is 5.32 Å². The zero-order chi connectivity index (χ0) is 15.4. The second kappa shape index (κ2) is 6.37. The highest BCUT2D eigenvalue weighted by atomic mass is 35.5. The first-order valence-electron chi connectivity index (χ1n) is 6.07. The van der Waals surface area contributed by atoms with E-state index < -0.39 is 11.7 Å². The molecular weight excluding hydrogens is 295 g/mol. The van der Waals surface area contributed by atoms with Gasteiger partial charge in [-0.3, -0.25) is 4.79 Å². The summed E-state index contributed by atoms with van der Waals surface area (Å²) in [7, 11) is 0. The Morgan fingerprint density at radius 2 is 2.00 bits per heavy atom. The lowest BCUT2D eigenvalue weighted by Crippen LogP contribution is -2.14. The number of nitrogens with zero attached hydrogens (tertiary/aromatic N) is 1. The summed E-state index contributed by atoms with van der Waals surface area (Å²) >= 11 is 5.84. The van der Waals surface area contributed by atoms with Crippen molar-refractivity contribution in [3.05, 3.63) is 64.4 Å². The molecule has 0 aliphatic rings. The van der Waals surface area contributed by atoms with E-state index in [1.54, 1.807) is 31.2 Å². The molecule has 0 bridgehead atoms. The summed E-state index contributed by atoms with van der Waals surface area (Å²) in [6.45, 7) is 1.62. The first-order chi connectivity index (χ1) is 10.0. The maximum atomic E-state index is 13.7. The molecule has 2 rings (SSSR count). The van der Waals surface area contributed by atoms with E-state index in [1.165, 1.54) is 18.2 Å². The van der Waals surface area contributed by atoms with Crippen LogP contribution in [0, 0.1) is 5.82 Å². The average Bonchev–Trinajstić information content (AvgIpc) is 2.46. The molecule has 6 heteroatoms. The van der Waals surface area contributed by atoms with Crippen molar-refractivity contribution in [3.8, 4) is 0 Å². The van der Waals surface area contributed by atoms with Gasteiger partial charge in [-0.15, -0.1) is 0 Å². The van der Waals surface area contributed by atoms with E-state index >= 15 is 0 Å². The molecule has 2 N–H and O–H groups in total. The van der Waals surface area contributed by atoms with Gasteiger partial charge in [0.2, 0.25) is 0 Å². The van der Waals surface area contributed by atoms with Gasteiger partial charge in [0.05, 0.1) is 16.3 Å². The molecular formula is C15H12ClFN2O2. The Labute approximate surface area is 125 Å². The Morgan fingerprint density at radius 3 is 2.67 bits per heavy atom. The lowest BCUT2D eigenvalue weighted by atomic mass is 10.1. The Bertz CT molecular complexity index is 696. The molecule has 0 aliphatic heterocycles. The molecule has 0 saturated heterocycles. The van der Waals surface area contributed by atoms with Crippen LogP contribution < -0.4 is 5.32 Å². The zero-order valence-corrected chi connectivity index (χ0v) is 11.9. The number of oxime groups is 1. The Morgan fingerprint density at radius 1 is 1.29 bits per heavy atom. The molecule has 0 saturated carbocycles.